The first-order valence-electron chi connectivity index (χ1n) is 8.34. The van der Waals surface area contributed by atoms with Gasteiger partial charge in [-0.1, -0.05) is 6.07 Å². The van der Waals surface area contributed by atoms with Crippen molar-refractivity contribution in [3.63, 3.8) is 0 Å². The Balaban J connectivity index is 0.00000338. The molecular weight excluding hydrogens is 368 g/mol. The van der Waals surface area contributed by atoms with Crippen LogP contribution in [0.1, 0.15) is 36.0 Å². The van der Waals surface area contributed by atoms with Crippen molar-refractivity contribution < 1.29 is 23.1 Å². The van der Waals surface area contributed by atoms with E-state index in [1.807, 2.05) is 0 Å². The SMILES string of the molecule is Cl.NCCC(=O)NCC1CCCCN1C(=O)c1cccc(OC(F)F)c1. The van der Waals surface area contributed by atoms with E-state index in [4.69, 9.17) is 5.73 Å². The number of nitrogens with zero attached hydrogens (tertiary/aromatic N) is 1. The number of halogens is 3. The molecule has 2 amide bonds. The Morgan fingerprint density at radius 3 is 2.81 bits per heavy atom. The van der Waals surface area contributed by atoms with Gasteiger partial charge in [0.05, 0.1) is 0 Å². The second kappa shape index (κ2) is 10.9. The summed E-state index contributed by atoms with van der Waals surface area (Å²) in [7, 11) is 0. The highest BCUT2D eigenvalue weighted by atomic mass is 35.5. The maximum absolute atomic E-state index is 12.8. The molecule has 26 heavy (non-hydrogen) atoms. The number of hydrogen-bond donors (Lipinski definition) is 2. The van der Waals surface area contributed by atoms with Gasteiger partial charge in [-0.05, 0) is 37.5 Å². The lowest BCUT2D eigenvalue weighted by atomic mass is 10.0. The van der Waals surface area contributed by atoms with Crippen LogP contribution in [0.15, 0.2) is 24.3 Å². The predicted octanol–water partition coefficient (Wildman–Crippen LogP) is 2.17. The number of benzene rings is 1. The highest BCUT2D eigenvalue weighted by Crippen LogP contribution is 2.22. The lowest BCUT2D eigenvalue weighted by Crippen LogP contribution is -2.49. The molecule has 0 bridgehead atoms. The summed E-state index contributed by atoms with van der Waals surface area (Å²) in [4.78, 5) is 26.1. The Morgan fingerprint density at radius 1 is 1.35 bits per heavy atom. The van der Waals surface area contributed by atoms with E-state index in [1.54, 1.807) is 11.0 Å². The Morgan fingerprint density at radius 2 is 2.12 bits per heavy atom. The van der Waals surface area contributed by atoms with Gasteiger partial charge in [-0.25, -0.2) is 0 Å². The first-order chi connectivity index (χ1) is 12.0. The van der Waals surface area contributed by atoms with Crippen molar-refractivity contribution in [1.82, 2.24) is 10.2 Å². The van der Waals surface area contributed by atoms with Crippen molar-refractivity contribution in [3.8, 4) is 5.75 Å². The summed E-state index contributed by atoms with van der Waals surface area (Å²) >= 11 is 0. The first kappa shape index (κ1) is 22.1. The van der Waals surface area contributed by atoms with Crippen LogP contribution in [0, 0.1) is 0 Å². The number of alkyl halides is 2. The summed E-state index contributed by atoms with van der Waals surface area (Å²) in [6, 6.07) is 5.64. The van der Waals surface area contributed by atoms with E-state index < -0.39 is 6.61 Å². The van der Waals surface area contributed by atoms with Gasteiger partial charge in [0, 0.05) is 37.7 Å². The largest absolute Gasteiger partial charge is 0.435 e. The summed E-state index contributed by atoms with van der Waals surface area (Å²) in [6.45, 7) is -1.74. The minimum absolute atomic E-state index is 0. The summed E-state index contributed by atoms with van der Waals surface area (Å²) in [5.74, 6) is -0.448. The second-order valence-corrected chi connectivity index (χ2v) is 5.90. The van der Waals surface area contributed by atoms with Gasteiger partial charge in [0.25, 0.3) is 5.91 Å². The van der Waals surface area contributed by atoms with Gasteiger partial charge in [-0.2, -0.15) is 8.78 Å². The van der Waals surface area contributed by atoms with Crippen LogP contribution >= 0.6 is 12.4 Å². The van der Waals surface area contributed by atoms with Crippen molar-refractivity contribution >= 4 is 24.2 Å². The number of nitrogens with one attached hydrogen (secondary N) is 1. The number of piperidine rings is 1. The van der Waals surface area contributed by atoms with Crippen molar-refractivity contribution in [2.75, 3.05) is 19.6 Å². The average Bonchev–Trinajstić information content (AvgIpc) is 2.59. The highest BCUT2D eigenvalue weighted by molar-refractivity contribution is 5.95. The lowest BCUT2D eigenvalue weighted by Gasteiger charge is -2.36. The molecule has 1 saturated heterocycles. The topological polar surface area (TPSA) is 84.7 Å². The zero-order valence-corrected chi connectivity index (χ0v) is 15.1. The number of hydrogen-bond acceptors (Lipinski definition) is 4. The number of carbonyl (C=O) groups is 2. The van der Waals surface area contributed by atoms with E-state index in [2.05, 4.69) is 10.1 Å². The number of likely N-dealkylation sites (tertiary alicyclic amines) is 1. The van der Waals surface area contributed by atoms with E-state index in [0.717, 1.165) is 19.3 Å². The fraction of sp³-hybridized carbons (Fsp3) is 0.529. The molecule has 9 heteroatoms. The predicted molar refractivity (Wildman–Crippen MR) is 95.7 cm³/mol. The van der Waals surface area contributed by atoms with Crippen molar-refractivity contribution in [3.05, 3.63) is 29.8 Å². The molecule has 1 aromatic rings. The Kier molecular flexibility index (Phi) is 9.29. The monoisotopic (exact) mass is 391 g/mol. The third-order valence-corrected chi connectivity index (χ3v) is 4.10. The zero-order valence-electron chi connectivity index (χ0n) is 14.3. The molecule has 1 aliphatic rings. The molecular formula is C17H24ClF2N3O3. The summed E-state index contributed by atoms with van der Waals surface area (Å²) in [5.41, 5.74) is 5.64. The van der Waals surface area contributed by atoms with E-state index in [-0.39, 0.29) is 49.0 Å². The van der Waals surface area contributed by atoms with E-state index in [1.165, 1.54) is 18.2 Å². The minimum Gasteiger partial charge on any atom is -0.435 e. The van der Waals surface area contributed by atoms with Gasteiger partial charge in [-0.3, -0.25) is 9.59 Å². The van der Waals surface area contributed by atoms with Gasteiger partial charge >= 0.3 is 6.61 Å². The average molecular weight is 392 g/mol. The summed E-state index contributed by atoms with van der Waals surface area (Å²) in [5, 5.41) is 2.79. The third-order valence-electron chi connectivity index (χ3n) is 4.10. The van der Waals surface area contributed by atoms with Crippen LogP contribution in [0.3, 0.4) is 0 Å². The van der Waals surface area contributed by atoms with Crippen LogP contribution in [0.5, 0.6) is 5.75 Å². The molecule has 0 spiro atoms. The first-order valence-corrected chi connectivity index (χ1v) is 8.34. The Hall–Kier alpha value is -1.93. The van der Waals surface area contributed by atoms with Crippen molar-refractivity contribution in [1.29, 1.82) is 0 Å². The number of rotatable bonds is 7. The molecule has 1 unspecified atom stereocenters. The Bertz CT molecular complexity index is 604. The zero-order chi connectivity index (χ0) is 18.2. The van der Waals surface area contributed by atoms with Gasteiger partial charge in [0.1, 0.15) is 5.75 Å². The van der Waals surface area contributed by atoms with Crippen molar-refractivity contribution in [2.24, 2.45) is 5.73 Å². The van der Waals surface area contributed by atoms with Gasteiger partial charge < -0.3 is 20.7 Å². The van der Waals surface area contributed by atoms with Gasteiger partial charge in [0.2, 0.25) is 5.91 Å². The molecule has 2 rings (SSSR count). The second-order valence-electron chi connectivity index (χ2n) is 5.90. The van der Waals surface area contributed by atoms with Crippen molar-refractivity contribution in [2.45, 2.75) is 38.3 Å². The van der Waals surface area contributed by atoms with Crippen LogP contribution in [0.4, 0.5) is 8.78 Å². The quantitative estimate of drug-likeness (QED) is 0.746. The molecule has 3 N–H and O–H groups in total. The molecule has 1 atom stereocenters. The normalized spacial score (nSPS) is 16.8. The smallest absolute Gasteiger partial charge is 0.387 e. The fourth-order valence-electron chi connectivity index (χ4n) is 2.90. The number of carbonyl (C=O) groups excluding carboxylic acids is 2. The lowest BCUT2D eigenvalue weighted by molar-refractivity contribution is -0.121. The van der Waals surface area contributed by atoms with Crippen LogP contribution < -0.4 is 15.8 Å². The molecule has 1 heterocycles. The molecule has 0 aromatic heterocycles. The molecule has 0 aliphatic carbocycles. The Labute approximate surface area is 157 Å². The number of ether oxygens (including phenoxy) is 1. The van der Waals surface area contributed by atoms with Gasteiger partial charge in [-0.15, -0.1) is 12.4 Å². The van der Waals surface area contributed by atoms with E-state index >= 15 is 0 Å². The standard InChI is InChI=1S/C17H23F2N3O3.ClH/c18-17(19)25-14-6-3-4-12(10-14)16(24)22-9-2-1-5-13(22)11-21-15(23)7-8-20;/h3-4,6,10,13,17H,1-2,5,7-9,11,20H2,(H,21,23);1H. The molecule has 0 radical (unpaired) electrons. The molecule has 6 nitrogen and oxygen atoms in total. The summed E-state index contributed by atoms with van der Waals surface area (Å²) < 4.78 is 29.0. The molecule has 1 aliphatic heterocycles. The van der Waals surface area contributed by atoms with E-state index in [0.29, 0.717) is 18.7 Å². The van der Waals surface area contributed by atoms with E-state index in [9.17, 15) is 18.4 Å². The molecule has 1 fully saturated rings. The molecule has 146 valence electrons. The van der Waals surface area contributed by atoms with Crippen LogP contribution in [-0.4, -0.2) is 49.0 Å². The number of nitrogens with two attached hydrogens (primary N) is 1. The van der Waals surface area contributed by atoms with Gasteiger partial charge in [0.15, 0.2) is 0 Å². The molecule has 0 saturated carbocycles. The fourth-order valence-corrected chi connectivity index (χ4v) is 2.90. The third kappa shape index (κ3) is 6.42. The highest BCUT2D eigenvalue weighted by Gasteiger charge is 2.28. The summed E-state index contributed by atoms with van der Waals surface area (Å²) in [6.07, 6.45) is 2.86. The maximum Gasteiger partial charge on any atom is 0.387 e. The minimum atomic E-state index is -2.94. The molecule has 1 aromatic carbocycles. The van der Waals surface area contributed by atoms with Crippen LogP contribution in [-0.2, 0) is 4.79 Å². The maximum atomic E-state index is 12.8. The van der Waals surface area contributed by atoms with Crippen LogP contribution in [0.2, 0.25) is 0 Å². The van der Waals surface area contributed by atoms with Crippen LogP contribution in [0.25, 0.3) is 0 Å². The number of amides is 2.